The van der Waals surface area contributed by atoms with Crippen molar-refractivity contribution in [3.8, 4) is 0 Å². The molecule has 150 valence electrons. The van der Waals surface area contributed by atoms with Crippen LogP contribution in [-0.2, 0) is 38.9 Å². The molecule has 1 fully saturated rings. The second-order valence-electron chi connectivity index (χ2n) is 7.38. The predicted molar refractivity (Wildman–Crippen MR) is 103 cm³/mol. The second-order valence-corrected chi connectivity index (χ2v) is 9.64. The van der Waals surface area contributed by atoms with Gasteiger partial charge in [0.1, 0.15) is 5.82 Å². The lowest BCUT2D eigenvalue weighted by Gasteiger charge is -2.35. The van der Waals surface area contributed by atoms with E-state index < -0.39 is 20.5 Å². The van der Waals surface area contributed by atoms with Gasteiger partial charge in [-0.1, -0.05) is 18.2 Å². The maximum Gasteiger partial charge on any atom is 0.242 e. The molecule has 0 saturated carbocycles. The third-order valence-corrected chi connectivity index (χ3v) is 8.28. The van der Waals surface area contributed by atoms with Gasteiger partial charge < -0.3 is 14.6 Å². The maximum atomic E-state index is 13.4. The zero-order valence-corrected chi connectivity index (χ0v) is 16.6. The highest BCUT2D eigenvalue weighted by Gasteiger charge is 2.52. The van der Waals surface area contributed by atoms with Crippen molar-refractivity contribution in [2.24, 2.45) is 0 Å². The Balaban J connectivity index is 1.59. The van der Waals surface area contributed by atoms with E-state index in [2.05, 4.69) is 14.9 Å². The first-order valence-corrected chi connectivity index (χ1v) is 11.2. The number of carbonyl (C=O) groups is 1. The summed E-state index contributed by atoms with van der Waals surface area (Å²) in [5, 5.41) is 2.89. The number of rotatable bonds is 5. The third kappa shape index (κ3) is 3.24. The smallest absolute Gasteiger partial charge is 0.242 e. The van der Waals surface area contributed by atoms with Gasteiger partial charge in [-0.15, -0.1) is 0 Å². The van der Waals surface area contributed by atoms with Gasteiger partial charge in [-0.25, -0.2) is 13.4 Å². The van der Waals surface area contributed by atoms with Crippen molar-refractivity contribution in [2.75, 3.05) is 13.2 Å². The summed E-state index contributed by atoms with van der Waals surface area (Å²) in [6.45, 7) is 1.67. The standard InChI is InChI=1S/C20H25N3O4S/c24-19(22-15-16-14-21-18-8-4-5-11-23(16)18)20(9-12-27-13-10-20)28(25,26)17-6-2-1-3-7-17/h1-3,6-7,14H,4-5,8-13,15H2,(H,22,24). The number of nitrogens with zero attached hydrogens (tertiary/aromatic N) is 2. The Morgan fingerprint density at radius 1 is 1.18 bits per heavy atom. The van der Waals surface area contributed by atoms with Crippen LogP contribution in [0.4, 0.5) is 0 Å². The van der Waals surface area contributed by atoms with E-state index in [4.69, 9.17) is 4.74 Å². The largest absolute Gasteiger partial charge is 0.381 e. The first-order valence-electron chi connectivity index (χ1n) is 9.74. The lowest BCUT2D eigenvalue weighted by atomic mass is 9.98. The van der Waals surface area contributed by atoms with Crippen LogP contribution in [-0.4, -0.2) is 41.8 Å². The highest BCUT2D eigenvalue weighted by molar-refractivity contribution is 7.93. The fraction of sp³-hybridized carbons (Fsp3) is 0.500. The van der Waals surface area contributed by atoms with Crippen molar-refractivity contribution >= 4 is 15.7 Å². The average Bonchev–Trinajstić information content (AvgIpc) is 3.16. The highest BCUT2D eigenvalue weighted by Crippen LogP contribution is 2.35. The number of amides is 1. The first kappa shape index (κ1) is 19.1. The van der Waals surface area contributed by atoms with E-state index >= 15 is 0 Å². The summed E-state index contributed by atoms with van der Waals surface area (Å²) in [7, 11) is -3.85. The monoisotopic (exact) mass is 403 g/mol. The number of benzene rings is 1. The molecule has 28 heavy (non-hydrogen) atoms. The van der Waals surface area contributed by atoms with Crippen LogP contribution in [0.1, 0.15) is 37.2 Å². The number of aryl methyl sites for hydroxylation is 1. The van der Waals surface area contributed by atoms with Gasteiger partial charge in [0.15, 0.2) is 14.6 Å². The van der Waals surface area contributed by atoms with E-state index in [1.807, 2.05) is 0 Å². The molecular weight excluding hydrogens is 378 g/mol. The van der Waals surface area contributed by atoms with Crippen molar-refractivity contribution in [1.29, 1.82) is 0 Å². The quantitative estimate of drug-likeness (QED) is 0.823. The van der Waals surface area contributed by atoms with Crippen LogP contribution < -0.4 is 5.32 Å². The van der Waals surface area contributed by atoms with Crippen molar-refractivity contribution in [1.82, 2.24) is 14.9 Å². The lowest BCUT2D eigenvalue weighted by Crippen LogP contribution is -2.55. The van der Waals surface area contributed by atoms with Crippen LogP contribution in [0.3, 0.4) is 0 Å². The molecule has 1 aromatic heterocycles. The molecule has 2 aromatic rings. The molecule has 1 saturated heterocycles. The van der Waals surface area contributed by atoms with E-state index in [0.717, 1.165) is 37.3 Å². The molecule has 0 aliphatic carbocycles. The number of nitrogens with one attached hydrogen (secondary N) is 1. The van der Waals surface area contributed by atoms with Gasteiger partial charge in [0.25, 0.3) is 0 Å². The van der Waals surface area contributed by atoms with Crippen LogP contribution in [0.2, 0.25) is 0 Å². The number of imidazole rings is 1. The molecule has 8 heteroatoms. The molecule has 0 atom stereocenters. The Bertz CT molecular complexity index is 947. The van der Waals surface area contributed by atoms with Crippen molar-refractivity contribution in [2.45, 2.75) is 54.8 Å². The summed E-state index contributed by atoms with van der Waals surface area (Å²) < 4.78 is 32.8. The summed E-state index contributed by atoms with van der Waals surface area (Å²) in [6, 6.07) is 8.21. The molecule has 3 heterocycles. The number of ether oxygens (including phenoxy) is 1. The molecule has 1 amide bonds. The van der Waals surface area contributed by atoms with Crippen LogP contribution in [0, 0.1) is 0 Å². The first-order chi connectivity index (χ1) is 13.5. The summed E-state index contributed by atoms with van der Waals surface area (Å²) in [5.41, 5.74) is 0.919. The predicted octanol–water partition coefficient (Wildman–Crippen LogP) is 1.86. The zero-order valence-electron chi connectivity index (χ0n) is 15.8. The number of hydrogen-bond acceptors (Lipinski definition) is 5. The van der Waals surface area contributed by atoms with E-state index in [1.54, 1.807) is 36.5 Å². The summed E-state index contributed by atoms with van der Waals surface area (Å²) in [6.07, 6.45) is 5.25. The molecule has 1 N–H and O–H groups in total. The minimum atomic E-state index is -3.85. The summed E-state index contributed by atoms with van der Waals surface area (Å²) in [4.78, 5) is 17.8. The molecule has 0 radical (unpaired) electrons. The second kappa shape index (κ2) is 7.67. The third-order valence-electron chi connectivity index (χ3n) is 5.77. The van der Waals surface area contributed by atoms with Gasteiger partial charge in [0.2, 0.25) is 5.91 Å². The average molecular weight is 404 g/mol. The molecule has 7 nitrogen and oxygen atoms in total. The van der Waals surface area contributed by atoms with E-state index in [0.29, 0.717) is 0 Å². The van der Waals surface area contributed by atoms with Gasteiger partial charge in [-0.05, 0) is 37.8 Å². The van der Waals surface area contributed by atoms with E-state index in [1.165, 1.54) is 0 Å². The minimum absolute atomic E-state index is 0.153. The van der Waals surface area contributed by atoms with Crippen molar-refractivity contribution < 1.29 is 17.9 Å². The molecule has 0 unspecified atom stereocenters. The van der Waals surface area contributed by atoms with Crippen molar-refractivity contribution in [3.63, 3.8) is 0 Å². The van der Waals surface area contributed by atoms with E-state index in [9.17, 15) is 13.2 Å². The zero-order chi connectivity index (χ0) is 19.6. The van der Waals surface area contributed by atoms with Gasteiger partial charge in [-0.3, -0.25) is 4.79 Å². The molecule has 2 aliphatic heterocycles. The van der Waals surface area contributed by atoms with Crippen molar-refractivity contribution in [3.05, 3.63) is 48.0 Å². The number of aromatic nitrogens is 2. The lowest BCUT2D eigenvalue weighted by molar-refractivity contribution is -0.126. The van der Waals surface area contributed by atoms with Gasteiger partial charge in [-0.2, -0.15) is 0 Å². The fourth-order valence-corrected chi connectivity index (χ4v) is 6.08. The summed E-state index contributed by atoms with van der Waals surface area (Å²) in [5.74, 6) is 0.583. The van der Waals surface area contributed by atoms with Crippen LogP contribution >= 0.6 is 0 Å². The van der Waals surface area contributed by atoms with Gasteiger partial charge in [0, 0.05) is 26.2 Å². The van der Waals surface area contributed by atoms with E-state index in [-0.39, 0.29) is 37.5 Å². The summed E-state index contributed by atoms with van der Waals surface area (Å²) >= 11 is 0. The van der Waals surface area contributed by atoms with Crippen LogP contribution in [0.5, 0.6) is 0 Å². The Morgan fingerprint density at radius 2 is 1.93 bits per heavy atom. The molecule has 4 rings (SSSR count). The topological polar surface area (TPSA) is 90.3 Å². The Labute approximate surface area is 165 Å². The Hall–Kier alpha value is -2.19. The SMILES string of the molecule is O=C(NCc1cnc2n1CCCC2)C1(S(=O)(=O)c2ccccc2)CCOCC1. The number of hydrogen-bond donors (Lipinski definition) is 1. The number of carbonyl (C=O) groups excluding carboxylic acids is 1. The normalized spacial score (nSPS) is 19.0. The fourth-order valence-electron chi connectivity index (χ4n) is 4.10. The molecule has 0 spiro atoms. The molecule has 1 aromatic carbocycles. The van der Waals surface area contributed by atoms with Gasteiger partial charge >= 0.3 is 0 Å². The van der Waals surface area contributed by atoms with Crippen LogP contribution in [0.15, 0.2) is 41.4 Å². The Morgan fingerprint density at radius 3 is 2.68 bits per heavy atom. The van der Waals surface area contributed by atoms with Gasteiger partial charge in [0.05, 0.1) is 23.3 Å². The van der Waals surface area contributed by atoms with Crippen LogP contribution in [0.25, 0.3) is 0 Å². The maximum absolute atomic E-state index is 13.4. The molecule has 2 aliphatic rings. The molecular formula is C20H25N3O4S. The minimum Gasteiger partial charge on any atom is -0.381 e. The Kier molecular flexibility index (Phi) is 5.25. The molecule has 0 bridgehead atoms. The number of fused-ring (bicyclic) bond motifs is 1. The highest BCUT2D eigenvalue weighted by atomic mass is 32.2. The number of sulfone groups is 1.